The molecule has 9 nitrogen and oxygen atoms in total. The van der Waals surface area contributed by atoms with Gasteiger partial charge in [-0.1, -0.05) is 17.7 Å². The second-order valence-electron chi connectivity index (χ2n) is 10.8. The number of methoxy groups -OCH3 is 1. The number of nitrogens with one attached hydrogen (secondary N) is 2. The molecule has 0 unspecified atom stereocenters. The Hall–Kier alpha value is -2.82. The molecule has 2 aromatic heterocycles. The van der Waals surface area contributed by atoms with Crippen molar-refractivity contribution in [3.8, 4) is 0 Å². The first kappa shape index (κ1) is 31.7. The lowest BCUT2D eigenvalue weighted by atomic mass is 9.84. The number of carbonyl (C=O) groups is 2. The number of halogens is 2. The third-order valence-corrected chi connectivity index (χ3v) is 7.61. The number of alkyl halides is 1. The number of pyridine rings is 2. The minimum Gasteiger partial charge on any atom is -0.480 e. The van der Waals surface area contributed by atoms with Crippen LogP contribution < -0.4 is 10.6 Å². The Labute approximate surface area is 240 Å². The standard InChI is InChI=1S/C29H41ClFN5O4/c1-29(2,21-15-22(30)18-32-17-21)28(39)35-25(27(37)38)11-14-36(19-24(16-31)40-3)13-5-4-8-23-10-9-20-7-6-12-33-26(20)34-23/h9-10,15,17-18,24-25H,4-8,11-14,16,19H2,1-3H3,(H,33,34)(H,35,39)(H,37,38)/t24-,25+/m1/s1. The number of carbonyl (C=O) groups excluding carboxylic acids is 1. The predicted molar refractivity (Wildman–Crippen MR) is 154 cm³/mol. The number of hydrogen-bond donors (Lipinski definition) is 3. The van der Waals surface area contributed by atoms with E-state index < -0.39 is 36.1 Å². The smallest absolute Gasteiger partial charge is 0.326 e. The highest BCUT2D eigenvalue weighted by Crippen LogP contribution is 2.25. The molecule has 0 aromatic carbocycles. The number of aromatic nitrogens is 2. The summed E-state index contributed by atoms with van der Waals surface area (Å²) in [6, 6.07) is 4.75. The topological polar surface area (TPSA) is 117 Å². The van der Waals surface area contributed by atoms with Crippen LogP contribution in [0.2, 0.25) is 5.02 Å². The highest BCUT2D eigenvalue weighted by Gasteiger charge is 2.33. The van der Waals surface area contributed by atoms with E-state index in [0.717, 1.165) is 50.2 Å². The van der Waals surface area contributed by atoms with Gasteiger partial charge in [0.15, 0.2) is 0 Å². The summed E-state index contributed by atoms with van der Waals surface area (Å²) in [6.07, 6.45) is 7.26. The van der Waals surface area contributed by atoms with Crippen LogP contribution in [0, 0.1) is 0 Å². The summed E-state index contributed by atoms with van der Waals surface area (Å²) < 4.78 is 18.7. The molecule has 40 heavy (non-hydrogen) atoms. The van der Waals surface area contributed by atoms with Crippen LogP contribution in [0.1, 0.15) is 56.4 Å². The van der Waals surface area contributed by atoms with Crippen molar-refractivity contribution in [1.82, 2.24) is 20.2 Å². The van der Waals surface area contributed by atoms with E-state index >= 15 is 0 Å². The Morgan fingerprint density at radius 2 is 2.08 bits per heavy atom. The lowest BCUT2D eigenvalue weighted by Crippen LogP contribution is -2.49. The van der Waals surface area contributed by atoms with Gasteiger partial charge in [0.25, 0.3) is 0 Å². The van der Waals surface area contributed by atoms with Crippen molar-refractivity contribution >= 4 is 29.3 Å². The number of unbranched alkanes of at least 4 members (excludes halogenated alkanes) is 1. The van der Waals surface area contributed by atoms with Gasteiger partial charge in [-0.3, -0.25) is 9.78 Å². The van der Waals surface area contributed by atoms with Crippen molar-refractivity contribution in [2.45, 2.75) is 69.9 Å². The molecule has 1 amide bonds. The van der Waals surface area contributed by atoms with Crippen LogP contribution in [0.5, 0.6) is 0 Å². The number of anilines is 1. The fourth-order valence-corrected chi connectivity index (χ4v) is 4.88. The number of nitrogens with zero attached hydrogens (tertiary/aromatic N) is 3. The molecule has 0 saturated heterocycles. The predicted octanol–water partition coefficient (Wildman–Crippen LogP) is 4.03. The van der Waals surface area contributed by atoms with Crippen LogP contribution in [0.4, 0.5) is 10.2 Å². The maximum absolute atomic E-state index is 13.5. The van der Waals surface area contributed by atoms with Gasteiger partial charge in [-0.15, -0.1) is 0 Å². The zero-order valence-corrected chi connectivity index (χ0v) is 24.3. The minimum atomic E-state index is -1.13. The van der Waals surface area contributed by atoms with Gasteiger partial charge < -0.3 is 25.4 Å². The Morgan fingerprint density at radius 3 is 2.77 bits per heavy atom. The normalized spacial score (nSPS) is 14.8. The highest BCUT2D eigenvalue weighted by atomic mass is 35.5. The molecule has 0 radical (unpaired) electrons. The molecule has 3 rings (SSSR count). The van der Waals surface area contributed by atoms with E-state index in [9.17, 15) is 19.1 Å². The van der Waals surface area contributed by atoms with Crippen molar-refractivity contribution in [3.05, 3.63) is 52.4 Å². The summed E-state index contributed by atoms with van der Waals surface area (Å²) in [5, 5.41) is 16.3. The molecule has 0 fully saturated rings. The van der Waals surface area contributed by atoms with Gasteiger partial charge in [-0.05, 0) is 82.2 Å². The average molecular weight is 578 g/mol. The van der Waals surface area contributed by atoms with Crippen molar-refractivity contribution in [1.29, 1.82) is 0 Å². The largest absolute Gasteiger partial charge is 0.480 e. The summed E-state index contributed by atoms with van der Waals surface area (Å²) in [7, 11) is 1.46. The molecule has 2 atom stereocenters. The third kappa shape index (κ3) is 9.11. The molecule has 220 valence electrons. The van der Waals surface area contributed by atoms with E-state index in [0.29, 0.717) is 30.2 Å². The van der Waals surface area contributed by atoms with Gasteiger partial charge in [0.2, 0.25) is 5.91 Å². The first-order valence-corrected chi connectivity index (χ1v) is 14.2. The van der Waals surface area contributed by atoms with E-state index in [1.54, 1.807) is 26.1 Å². The third-order valence-electron chi connectivity index (χ3n) is 7.41. The van der Waals surface area contributed by atoms with E-state index in [1.165, 1.54) is 18.9 Å². The van der Waals surface area contributed by atoms with Gasteiger partial charge in [0.1, 0.15) is 18.5 Å². The van der Waals surface area contributed by atoms with Gasteiger partial charge in [-0.25, -0.2) is 14.2 Å². The summed E-state index contributed by atoms with van der Waals surface area (Å²) in [5.41, 5.74) is 1.83. The Bertz CT molecular complexity index is 1130. The van der Waals surface area contributed by atoms with Crippen LogP contribution in [0.25, 0.3) is 0 Å². The summed E-state index contributed by atoms with van der Waals surface area (Å²) >= 11 is 6.04. The quantitative estimate of drug-likeness (QED) is 0.256. The lowest BCUT2D eigenvalue weighted by molar-refractivity contribution is -0.143. The molecule has 3 N–H and O–H groups in total. The van der Waals surface area contributed by atoms with E-state index in [1.807, 2.05) is 4.90 Å². The zero-order valence-electron chi connectivity index (χ0n) is 23.6. The van der Waals surface area contributed by atoms with Crippen LogP contribution >= 0.6 is 11.6 Å². The summed E-state index contributed by atoms with van der Waals surface area (Å²) in [5.74, 6) is -0.594. The maximum Gasteiger partial charge on any atom is 0.326 e. The molecule has 11 heteroatoms. The molecular weight excluding hydrogens is 537 g/mol. The summed E-state index contributed by atoms with van der Waals surface area (Å²) in [6.45, 7) is 5.02. The van der Waals surface area contributed by atoms with Crippen molar-refractivity contribution < 1.29 is 23.8 Å². The Kier molecular flexibility index (Phi) is 12.1. The number of carboxylic acid groups (broad SMARTS) is 1. The minimum absolute atomic E-state index is 0.158. The van der Waals surface area contributed by atoms with E-state index in [2.05, 4.69) is 27.8 Å². The molecule has 0 bridgehead atoms. The first-order valence-electron chi connectivity index (χ1n) is 13.8. The number of fused-ring (bicyclic) bond motifs is 1. The molecule has 0 spiro atoms. The number of carboxylic acids is 1. The second-order valence-corrected chi connectivity index (χ2v) is 11.2. The fourth-order valence-electron chi connectivity index (χ4n) is 4.71. The first-order chi connectivity index (χ1) is 19.1. The van der Waals surface area contributed by atoms with Crippen molar-refractivity contribution in [2.24, 2.45) is 0 Å². The lowest BCUT2D eigenvalue weighted by Gasteiger charge is -2.29. The van der Waals surface area contributed by atoms with Crippen LogP contribution in [-0.2, 0) is 32.6 Å². The van der Waals surface area contributed by atoms with Crippen molar-refractivity contribution in [3.63, 3.8) is 0 Å². The molecule has 1 aliphatic heterocycles. The molecule has 1 aliphatic rings. The molecule has 2 aromatic rings. The highest BCUT2D eigenvalue weighted by molar-refractivity contribution is 6.30. The zero-order chi connectivity index (χ0) is 29.1. The maximum atomic E-state index is 13.5. The van der Waals surface area contributed by atoms with Crippen LogP contribution in [0.15, 0.2) is 30.6 Å². The number of aryl methyl sites for hydroxylation is 2. The Morgan fingerprint density at radius 1 is 1.27 bits per heavy atom. The second kappa shape index (κ2) is 15.3. The van der Waals surface area contributed by atoms with Gasteiger partial charge in [0, 0.05) is 44.8 Å². The Balaban J connectivity index is 1.57. The van der Waals surface area contributed by atoms with Gasteiger partial charge >= 0.3 is 5.97 Å². The van der Waals surface area contributed by atoms with Crippen molar-refractivity contribution in [2.75, 3.05) is 45.3 Å². The summed E-state index contributed by atoms with van der Waals surface area (Å²) in [4.78, 5) is 35.9. The fraction of sp³-hybridized carbons (Fsp3) is 0.586. The molecule has 0 aliphatic carbocycles. The molecule has 0 saturated carbocycles. The molecule has 3 heterocycles. The number of ether oxygens (including phenoxy) is 1. The van der Waals surface area contributed by atoms with Crippen LogP contribution in [-0.4, -0.2) is 84.0 Å². The van der Waals surface area contributed by atoms with Gasteiger partial charge in [0.05, 0.1) is 16.5 Å². The molecular formula is C29H41ClFN5O4. The number of amides is 1. The number of rotatable bonds is 16. The number of aliphatic carboxylic acids is 1. The van der Waals surface area contributed by atoms with Crippen LogP contribution in [0.3, 0.4) is 0 Å². The monoisotopic (exact) mass is 577 g/mol. The van der Waals surface area contributed by atoms with Gasteiger partial charge in [-0.2, -0.15) is 0 Å². The SMILES string of the molecule is CO[C@H](CF)CN(CCCCc1ccc2c(n1)NCCC2)CC[C@H](NC(=O)C(C)(C)c1cncc(Cl)c1)C(=O)O. The average Bonchev–Trinajstić information content (AvgIpc) is 2.95. The van der Waals surface area contributed by atoms with E-state index in [4.69, 9.17) is 21.3 Å². The number of hydrogen-bond acceptors (Lipinski definition) is 7. The van der Waals surface area contributed by atoms with E-state index in [-0.39, 0.29) is 6.42 Å².